The number of nitrogens with two attached hydrogens (primary N) is 1. The molecule has 0 saturated carbocycles. The summed E-state index contributed by atoms with van der Waals surface area (Å²) in [6, 6.07) is 0. The third-order valence-corrected chi connectivity index (χ3v) is 4.79. The molecule has 0 heterocycles. The van der Waals surface area contributed by atoms with Crippen LogP contribution in [0, 0.1) is 0 Å². The Hall–Kier alpha value is -0.160. The smallest absolute Gasteiger partial charge is 0.105 e. The number of hydroxylamine groups is 1. The largest absolute Gasteiger partial charge is 0.364 e. The molecule has 28 heavy (non-hydrogen) atoms. The molecule has 4 nitrogen and oxygen atoms in total. The van der Waals surface area contributed by atoms with Crippen LogP contribution in [0.2, 0.25) is 0 Å². The zero-order valence-electron chi connectivity index (χ0n) is 19.9. The second-order valence-corrected chi connectivity index (χ2v) is 7.80. The van der Waals surface area contributed by atoms with Gasteiger partial charge < -0.3 is 15.3 Å². The minimum Gasteiger partial charge on any atom is -0.364 e. The van der Waals surface area contributed by atoms with E-state index in [4.69, 9.17) is 15.3 Å². The van der Waals surface area contributed by atoms with Gasteiger partial charge in [-0.1, -0.05) is 105 Å². The Bertz CT molecular complexity index is 241. The maximum Gasteiger partial charge on any atom is 0.105 e. The van der Waals surface area contributed by atoms with Gasteiger partial charge in [-0.3, -0.25) is 0 Å². The number of ether oxygens (including phenoxy) is 1. The first-order valence-corrected chi connectivity index (χ1v) is 12.4. The molecule has 0 aromatic rings. The zero-order chi connectivity index (χ0) is 21.1. The van der Waals surface area contributed by atoms with Crippen molar-refractivity contribution < 1.29 is 9.57 Å². The molecular formula is C24H54N2O2. The number of hydrogen-bond donors (Lipinski definition) is 2. The van der Waals surface area contributed by atoms with E-state index < -0.39 is 0 Å². The first-order valence-electron chi connectivity index (χ1n) is 12.4. The summed E-state index contributed by atoms with van der Waals surface area (Å²) in [7, 11) is 0. The number of hydrogen-bond acceptors (Lipinski definition) is 4. The third-order valence-electron chi connectivity index (χ3n) is 4.79. The van der Waals surface area contributed by atoms with Crippen molar-refractivity contribution in [3.05, 3.63) is 0 Å². The van der Waals surface area contributed by atoms with E-state index in [1.54, 1.807) is 0 Å². The summed E-state index contributed by atoms with van der Waals surface area (Å²) in [5, 5.41) is 0. The van der Waals surface area contributed by atoms with Gasteiger partial charge in [0, 0.05) is 13.2 Å². The Morgan fingerprint density at radius 1 is 0.607 bits per heavy atom. The molecule has 0 radical (unpaired) electrons. The van der Waals surface area contributed by atoms with Crippen molar-refractivity contribution in [1.29, 1.82) is 0 Å². The quantitative estimate of drug-likeness (QED) is 0.122. The highest BCUT2D eigenvalue weighted by Crippen LogP contribution is 2.08. The summed E-state index contributed by atoms with van der Waals surface area (Å²) in [6.45, 7) is 11.4. The predicted octanol–water partition coefficient (Wildman–Crippen LogP) is 7.12. The van der Waals surface area contributed by atoms with Crippen LogP contribution in [0.25, 0.3) is 0 Å². The molecule has 172 valence electrons. The molecule has 0 aliphatic rings. The SMILES string of the molecule is CCCCCCCCCCONCCC.CCCCCCCCOC(N)CC. The van der Waals surface area contributed by atoms with Gasteiger partial charge in [0.05, 0.1) is 6.61 Å². The number of unbranched alkanes of at least 4 members (excludes halogenated alkanes) is 12. The van der Waals surface area contributed by atoms with Gasteiger partial charge in [-0.05, 0) is 25.7 Å². The Balaban J connectivity index is 0. The molecule has 4 heteroatoms. The normalized spacial score (nSPS) is 11.9. The van der Waals surface area contributed by atoms with Crippen LogP contribution in [0.4, 0.5) is 0 Å². The van der Waals surface area contributed by atoms with Crippen molar-refractivity contribution in [3.8, 4) is 0 Å². The molecule has 0 aromatic carbocycles. The van der Waals surface area contributed by atoms with Crippen molar-refractivity contribution in [3.63, 3.8) is 0 Å². The molecule has 0 aliphatic heterocycles. The molecular weight excluding hydrogens is 348 g/mol. The Kier molecular flexibility index (Phi) is 31.2. The van der Waals surface area contributed by atoms with E-state index in [9.17, 15) is 0 Å². The Morgan fingerprint density at radius 3 is 1.54 bits per heavy atom. The lowest BCUT2D eigenvalue weighted by Crippen LogP contribution is -2.22. The molecule has 0 bridgehead atoms. The van der Waals surface area contributed by atoms with E-state index >= 15 is 0 Å². The Labute approximate surface area is 177 Å². The predicted molar refractivity (Wildman–Crippen MR) is 124 cm³/mol. The molecule has 0 amide bonds. The fourth-order valence-corrected chi connectivity index (χ4v) is 2.79. The second-order valence-electron chi connectivity index (χ2n) is 7.80. The first kappa shape index (κ1) is 30.0. The minimum atomic E-state index is -0.0457. The highest BCUT2D eigenvalue weighted by atomic mass is 16.6. The molecule has 0 saturated heterocycles. The summed E-state index contributed by atoms with van der Waals surface area (Å²) in [5.74, 6) is 0. The molecule has 3 N–H and O–H groups in total. The lowest BCUT2D eigenvalue weighted by atomic mass is 10.1. The van der Waals surface area contributed by atoms with E-state index in [1.165, 1.54) is 83.5 Å². The van der Waals surface area contributed by atoms with Gasteiger partial charge >= 0.3 is 0 Å². The highest BCUT2D eigenvalue weighted by molar-refractivity contribution is 4.46. The molecule has 0 fully saturated rings. The molecule has 1 atom stereocenters. The second kappa shape index (κ2) is 29.0. The average Bonchev–Trinajstić information content (AvgIpc) is 2.71. The molecule has 1 unspecified atom stereocenters. The van der Waals surface area contributed by atoms with Crippen LogP contribution in [0.3, 0.4) is 0 Å². The Morgan fingerprint density at radius 2 is 1.07 bits per heavy atom. The topological polar surface area (TPSA) is 56.5 Å². The maximum atomic E-state index is 5.61. The summed E-state index contributed by atoms with van der Waals surface area (Å²) < 4.78 is 5.38. The monoisotopic (exact) mass is 402 g/mol. The standard InChI is InChI=1S/C13H29NO.C11H25NO/c1-3-5-6-7-8-9-10-11-13-15-14-12-4-2;1-3-5-6-7-8-9-10-13-11(12)4-2/h14H,3-13H2,1-2H3;11H,3-10,12H2,1-2H3. The van der Waals surface area contributed by atoms with Gasteiger partial charge in [0.25, 0.3) is 0 Å². The fourth-order valence-electron chi connectivity index (χ4n) is 2.79. The van der Waals surface area contributed by atoms with Crippen LogP contribution < -0.4 is 11.2 Å². The number of rotatable bonds is 21. The van der Waals surface area contributed by atoms with Gasteiger partial charge in [0.2, 0.25) is 0 Å². The molecule has 0 aromatic heterocycles. The van der Waals surface area contributed by atoms with Crippen molar-refractivity contribution in [2.75, 3.05) is 19.8 Å². The van der Waals surface area contributed by atoms with Crippen LogP contribution in [0.1, 0.15) is 130 Å². The van der Waals surface area contributed by atoms with E-state index in [-0.39, 0.29) is 6.23 Å². The summed E-state index contributed by atoms with van der Waals surface area (Å²) >= 11 is 0. The van der Waals surface area contributed by atoms with Crippen LogP contribution in [-0.2, 0) is 9.57 Å². The van der Waals surface area contributed by atoms with Crippen molar-refractivity contribution in [2.24, 2.45) is 5.73 Å². The zero-order valence-corrected chi connectivity index (χ0v) is 19.9. The van der Waals surface area contributed by atoms with Crippen LogP contribution >= 0.6 is 0 Å². The van der Waals surface area contributed by atoms with Crippen molar-refractivity contribution in [1.82, 2.24) is 5.48 Å². The average molecular weight is 403 g/mol. The molecule has 0 rings (SSSR count). The summed E-state index contributed by atoms with van der Waals surface area (Å²) in [5.41, 5.74) is 8.57. The number of nitrogens with one attached hydrogen (secondary N) is 1. The van der Waals surface area contributed by atoms with E-state index in [1.807, 2.05) is 6.92 Å². The van der Waals surface area contributed by atoms with Crippen LogP contribution in [0.15, 0.2) is 0 Å². The van der Waals surface area contributed by atoms with Crippen LogP contribution in [-0.4, -0.2) is 26.0 Å². The van der Waals surface area contributed by atoms with Gasteiger partial charge in [-0.15, -0.1) is 0 Å². The van der Waals surface area contributed by atoms with Crippen LogP contribution in [0.5, 0.6) is 0 Å². The minimum absolute atomic E-state index is 0.0457. The van der Waals surface area contributed by atoms with Crippen molar-refractivity contribution >= 4 is 0 Å². The van der Waals surface area contributed by atoms with Crippen molar-refractivity contribution in [2.45, 2.75) is 137 Å². The first-order chi connectivity index (χ1) is 13.7. The fraction of sp³-hybridized carbons (Fsp3) is 1.00. The van der Waals surface area contributed by atoms with E-state index in [0.717, 1.165) is 39.0 Å². The van der Waals surface area contributed by atoms with Gasteiger partial charge in [0.1, 0.15) is 6.23 Å². The van der Waals surface area contributed by atoms with Gasteiger partial charge in [-0.2, -0.15) is 0 Å². The van der Waals surface area contributed by atoms with Gasteiger partial charge in [0.15, 0.2) is 0 Å². The van der Waals surface area contributed by atoms with Gasteiger partial charge in [-0.25, -0.2) is 5.48 Å². The maximum absolute atomic E-state index is 5.61. The summed E-state index contributed by atoms with van der Waals surface area (Å²) in [4.78, 5) is 5.27. The lowest BCUT2D eigenvalue weighted by molar-refractivity contribution is 0.0387. The molecule has 0 spiro atoms. The van der Waals surface area contributed by atoms with E-state index in [2.05, 4.69) is 26.3 Å². The summed E-state index contributed by atoms with van der Waals surface area (Å²) in [6.07, 6.45) is 20.8. The van der Waals surface area contributed by atoms with E-state index in [0.29, 0.717) is 0 Å². The third kappa shape index (κ3) is 30.6. The highest BCUT2D eigenvalue weighted by Gasteiger charge is 1.97. The molecule has 0 aliphatic carbocycles. The lowest BCUT2D eigenvalue weighted by Gasteiger charge is -2.09.